The molecule has 1 fully saturated rings. The van der Waals surface area contributed by atoms with Crippen molar-refractivity contribution in [3.63, 3.8) is 0 Å². The summed E-state index contributed by atoms with van der Waals surface area (Å²) in [6, 6.07) is 6.24. The van der Waals surface area contributed by atoms with E-state index in [-0.39, 0.29) is 6.04 Å². The number of hydrogen-bond acceptors (Lipinski definition) is 7. The molecular weight excluding hydrogens is 380 g/mol. The Kier molecular flexibility index (Phi) is 3.95. The van der Waals surface area contributed by atoms with Gasteiger partial charge in [0.15, 0.2) is 11.5 Å². The summed E-state index contributed by atoms with van der Waals surface area (Å²) in [6.45, 7) is 5.33. The fraction of sp³-hybridized carbons (Fsp3) is 0.333. The van der Waals surface area contributed by atoms with Crippen LogP contribution in [-0.2, 0) is 11.2 Å². The molecule has 1 N–H and O–H groups in total. The zero-order chi connectivity index (χ0) is 20.1. The molecule has 152 valence electrons. The molecule has 2 aliphatic rings. The second kappa shape index (κ2) is 6.81. The van der Waals surface area contributed by atoms with Gasteiger partial charge in [-0.1, -0.05) is 0 Å². The summed E-state index contributed by atoms with van der Waals surface area (Å²) in [5.74, 6) is 1.75. The lowest BCUT2D eigenvalue weighted by Gasteiger charge is -2.35. The van der Waals surface area contributed by atoms with Crippen LogP contribution < -0.4 is 9.80 Å². The van der Waals surface area contributed by atoms with Gasteiger partial charge in [-0.2, -0.15) is 14.9 Å². The van der Waals surface area contributed by atoms with Gasteiger partial charge in [0.05, 0.1) is 48.4 Å². The summed E-state index contributed by atoms with van der Waals surface area (Å²) in [5.41, 5.74) is 4.33. The predicted octanol–water partition coefficient (Wildman–Crippen LogP) is 2.46. The molecular formula is C21H22N8O. The van der Waals surface area contributed by atoms with Gasteiger partial charge >= 0.3 is 0 Å². The SMILES string of the molecule is C[C@@H]1COCCN1c1nc2c(cnn2-c2cc[nH]n2)c2c1CCN2c1cccnc1. The molecule has 0 spiro atoms. The summed E-state index contributed by atoms with van der Waals surface area (Å²) < 4.78 is 7.48. The Morgan fingerprint density at radius 3 is 2.97 bits per heavy atom. The number of nitrogens with zero attached hydrogens (tertiary/aromatic N) is 7. The van der Waals surface area contributed by atoms with Crippen LogP contribution >= 0.6 is 0 Å². The van der Waals surface area contributed by atoms with Crippen LogP contribution in [0, 0.1) is 0 Å². The van der Waals surface area contributed by atoms with Crippen LogP contribution in [0.3, 0.4) is 0 Å². The van der Waals surface area contributed by atoms with Gasteiger partial charge in [0.1, 0.15) is 5.82 Å². The molecule has 6 heterocycles. The normalized spacial score (nSPS) is 18.9. The number of rotatable bonds is 3. The average Bonchev–Trinajstić information content (AvgIpc) is 3.52. The third-order valence-corrected chi connectivity index (χ3v) is 5.92. The molecule has 0 aliphatic carbocycles. The maximum atomic E-state index is 5.68. The van der Waals surface area contributed by atoms with Gasteiger partial charge in [-0.3, -0.25) is 10.1 Å². The molecule has 9 nitrogen and oxygen atoms in total. The zero-order valence-corrected chi connectivity index (χ0v) is 16.7. The predicted molar refractivity (Wildman–Crippen MR) is 114 cm³/mol. The Hall–Kier alpha value is -3.46. The quantitative estimate of drug-likeness (QED) is 0.563. The Bertz CT molecular complexity index is 1190. The zero-order valence-electron chi connectivity index (χ0n) is 16.7. The number of hydrogen-bond donors (Lipinski definition) is 1. The number of nitrogens with one attached hydrogen (secondary N) is 1. The van der Waals surface area contributed by atoms with Crippen molar-refractivity contribution in [3.05, 3.63) is 48.5 Å². The molecule has 0 amide bonds. The molecule has 0 radical (unpaired) electrons. The minimum Gasteiger partial charge on any atom is -0.377 e. The van der Waals surface area contributed by atoms with Gasteiger partial charge in [0.2, 0.25) is 0 Å². The van der Waals surface area contributed by atoms with Crippen molar-refractivity contribution < 1.29 is 4.74 Å². The third-order valence-electron chi connectivity index (χ3n) is 5.92. The molecule has 4 aromatic heterocycles. The van der Waals surface area contributed by atoms with E-state index >= 15 is 0 Å². The third kappa shape index (κ3) is 2.58. The van der Waals surface area contributed by atoms with Gasteiger partial charge in [0.25, 0.3) is 0 Å². The van der Waals surface area contributed by atoms with Crippen molar-refractivity contribution in [2.75, 3.05) is 36.1 Å². The topological polar surface area (TPSA) is 88.0 Å². The number of pyridine rings is 2. The Labute approximate surface area is 173 Å². The number of morpholine rings is 1. The lowest BCUT2D eigenvalue weighted by Crippen LogP contribution is -2.44. The van der Waals surface area contributed by atoms with Crippen LogP contribution in [-0.4, -0.2) is 62.3 Å². The summed E-state index contributed by atoms with van der Waals surface area (Å²) in [6.07, 6.45) is 8.34. The number of aromatic amines is 1. The Morgan fingerprint density at radius 2 is 2.17 bits per heavy atom. The van der Waals surface area contributed by atoms with Gasteiger partial charge in [-0.15, -0.1) is 0 Å². The van der Waals surface area contributed by atoms with Gasteiger partial charge < -0.3 is 14.5 Å². The molecule has 2 aliphatic heterocycles. The number of H-pyrrole nitrogens is 1. The van der Waals surface area contributed by atoms with Crippen molar-refractivity contribution in [2.24, 2.45) is 0 Å². The van der Waals surface area contributed by atoms with Gasteiger partial charge in [-0.05, 0) is 25.5 Å². The van der Waals surface area contributed by atoms with Crippen molar-refractivity contribution in [1.29, 1.82) is 0 Å². The molecule has 1 saturated heterocycles. The van der Waals surface area contributed by atoms with E-state index < -0.39 is 0 Å². The number of ether oxygens (including phenoxy) is 1. The maximum Gasteiger partial charge on any atom is 0.177 e. The van der Waals surface area contributed by atoms with Crippen LogP contribution in [0.25, 0.3) is 16.9 Å². The number of anilines is 3. The molecule has 0 saturated carbocycles. The second-order valence-corrected chi connectivity index (χ2v) is 7.72. The monoisotopic (exact) mass is 402 g/mol. The Morgan fingerprint density at radius 1 is 1.20 bits per heavy atom. The van der Waals surface area contributed by atoms with Crippen molar-refractivity contribution in [1.82, 2.24) is 29.9 Å². The van der Waals surface area contributed by atoms with E-state index in [0.29, 0.717) is 13.2 Å². The van der Waals surface area contributed by atoms with E-state index in [1.807, 2.05) is 24.5 Å². The summed E-state index contributed by atoms with van der Waals surface area (Å²) in [7, 11) is 0. The largest absolute Gasteiger partial charge is 0.377 e. The molecule has 9 heteroatoms. The van der Waals surface area contributed by atoms with Gasteiger partial charge in [-0.25, -0.2) is 4.98 Å². The van der Waals surface area contributed by atoms with E-state index in [2.05, 4.69) is 43.1 Å². The molecule has 4 aromatic rings. The first-order chi connectivity index (χ1) is 14.8. The first-order valence-corrected chi connectivity index (χ1v) is 10.2. The van der Waals surface area contributed by atoms with Crippen molar-refractivity contribution in [2.45, 2.75) is 19.4 Å². The minimum absolute atomic E-state index is 0.266. The fourth-order valence-electron chi connectivity index (χ4n) is 4.52. The molecule has 6 rings (SSSR count). The number of fused-ring (bicyclic) bond motifs is 3. The molecule has 0 bridgehead atoms. The maximum absolute atomic E-state index is 5.68. The highest BCUT2D eigenvalue weighted by atomic mass is 16.5. The fourth-order valence-corrected chi connectivity index (χ4v) is 4.52. The van der Waals surface area contributed by atoms with Crippen LogP contribution in [0.5, 0.6) is 0 Å². The molecule has 1 atom stereocenters. The lowest BCUT2D eigenvalue weighted by molar-refractivity contribution is 0.0985. The summed E-state index contributed by atoms with van der Waals surface area (Å²) in [4.78, 5) is 14.2. The minimum atomic E-state index is 0.266. The van der Waals surface area contributed by atoms with Crippen LogP contribution in [0.15, 0.2) is 43.0 Å². The van der Waals surface area contributed by atoms with Crippen LogP contribution in [0.1, 0.15) is 12.5 Å². The molecule has 30 heavy (non-hydrogen) atoms. The molecule has 0 unspecified atom stereocenters. The highest BCUT2D eigenvalue weighted by molar-refractivity contribution is 5.98. The van der Waals surface area contributed by atoms with Crippen LogP contribution in [0.2, 0.25) is 0 Å². The van der Waals surface area contributed by atoms with E-state index in [1.54, 1.807) is 17.1 Å². The average molecular weight is 402 g/mol. The van der Waals surface area contributed by atoms with E-state index in [4.69, 9.17) is 9.72 Å². The van der Waals surface area contributed by atoms with Crippen molar-refractivity contribution >= 4 is 28.2 Å². The first-order valence-electron chi connectivity index (χ1n) is 10.2. The Balaban J connectivity index is 1.60. The smallest absolute Gasteiger partial charge is 0.177 e. The standard InChI is InChI=1S/C21H22N8O/c1-14-13-30-10-9-27(14)20-16-5-8-28(15-3-2-6-22-11-15)19(16)17-12-24-29(21(17)25-20)18-4-7-23-26-18/h2-4,6-7,11-12,14H,5,8-10,13H2,1H3,(H,23,26)/t14-/m1/s1. The highest BCUT2D eigenvalue weighted by Crippen LogP contribution is 2.44. The van der Waals surface area contributed by atoms with Crippen LogP contribution in [0.4, 0.5) is 17.2 Å². The van der Waals surface area contributed by atoms with Crippen molar-refractivity contribution in [3.8, 4) is 5.82 Å². The second-order valence-electron chi connectivity index (χ2n) is 7.72. The summed E-state index contributed by atoms with van der Waals surface area (Å²) >= 11 is 0. The highest BCUT2D eigenvalue weighted by Gasteiger charge is 2.33. The van der Waals surface area contributed by atoms with E-state index in [1.165, 1.54) is 11.3 Å². The number of aromatic nitrogens is 6. The molecule has 0 aromatic carbocycles. The summed E-state index contributed by atoms with van der Waals surface area (Å²) in [5, 5.41) is 12.8. The lowest BCUT2D eigenvalue weighted by atomic mass is 10.1. The van der Waals surface area contributed by atoms with Gasteiger partial charge in [0, 0.05) is 37.1 Å². The first kappa shape index (κ1) is 17.4. The van der Waals surface area contributed by atoms with E-state index in [0.717, 1.165) is 47.9 Å². The van der Waals surface area contributed by atoms with E-state index in [9.17, 15) is 0 Å².